The highest BCUT2D eigenvalue weighted by Crippen LogP contribution is 2.36. The van der Waals surface area contributed by atoms with E-state index in [1.807, 2.05) is 0 Å². The van der Waals surface area contributed by atoms with E-state index in [9.17, 15) is 13.2 Å². The molecular formula is C13H9BrF3N5. The molecule has 0 aliphatic rings. The smallest absolute Gasteiger partial charge is 0.382 e. The van der Waals surface area contributed by atoms with Gasteiger partial charge in [0, 0.05) is 10.9 Å². The van der Waals surface area contributed by atoms with Gasteiger partial charge in [0.2, 0.25) is 5.95 Å². The highest BCUT2D eigenvalue weighted by atomic mass is 79.9. The molecule has 0 fully saturated rings. The van der Waals surface area contributed by atoms with Gasteiger partial charge in [-0.05, 0) is 11.6 Å². The number of halogens is 4. The highest BCUT2D eigenvalue weighted by molar-refractivity contribution is 9.08. The van der Waals surface area contributed by atoms with Crippen LogP contribution in [0.25, 0.3) is 11.3 Å². The van der Waals surface area contributed by atoms with Gasteiger partial charge in [0.15, 0.2) is 0 Å². The molecule has 9 heteroatoms. The lowest BCUT2D eigenvalue weighted by Crippen LogP contribution is -2.10. The van der Waals surface area contributed by atoms with Crippen molar-refractivity contribution in [2.24, 2.45) is 0 Å². The third-order valence-corrected chi connectivity index (χ3v) is 3.50. The fourth-order valence-corrected chi connectivity index (χ4v) is 2.41. The molecule has 0 radical (unpaired) electrons. The number of hydrogen-bond donors (Lipinski definition) is 2. The molecule has 0 aliphatic carbocycles. The van der Waals surface area contributed by atoms with Crippen molar-refractivity contribution in [3.63, 3.8) is 0 Å². The number of alkyl halides is 4. The van der Waals surface area contributed by atoms with Gasteiger partial charge >= 0.3 is 6.18 Å². The number of hydrogen-bond acceptors (Lipinski definition) is 5. The fourth-order valence-electron chi connectivity index (χ4n) is 1.92. The van der Waals surface area contributed by atoms with Crippen molar-refractivity contribution in [1.29, 1.82) is 5.26 Å². The number of benzene rings is 1. The van der Waals surface area contributed by atoms with E-state index in [1.165, 1.54) is 12.1 Å². The van der Waals surface area contributed by atoms with Gasteiger partial charge in [-0.15, -0.1) is 0 Å². The molecule has 0 atom stereocenters. The normalized spacial score (nSPS) is 11.2. The summed E-state index contributed by atoms with van der Waals surface area (Å²) >= 11 is 3.02. The molecule has 1 aromatic carbocycles. The first-order chi connectivity index (χ1) is 10.3. The Kier molecular flexibility index (Phi) is 4.23. The Morgan fingerprint density at radius 2 is 1.91 bits per heavy atom. The first-order valence-corrected chi connectivity index (χ1v) is 6.99. The van der Waals surface area contributed by atoms with E-state index in [0.717, 1.165) is 6.07 Å². The molecule has 0 saturated heterocycles. The van der Waals surface area contributed by atoms with Crippen molar-refractivity contribution in [3.05, 3.63) is 34.9 Å². The Morgan fingerprint density at radius 1 is 1.23 bits per heavy atom. The second-order valence-electron chi connectivity index (χ2n) is 4.31. The zero-order chi connectivity index (χ0) is 16.5. The third-order valence-electron chi connectivity index (χ3n) is 2.90. The quantitative estimate of drug-likeness (QED) is 0.789. The van der Waals surface area contributed by atoms with E-state index in [4.69, 9.17) is 16.7 Å². The van der Waals surface area contributed by atoms with E-state index in [1.54, 1.807) is 6.07 Å². The molecule has 1 aromatic heterocycles. The minimum atomic E-state index is -4.53. The van der Waals surface area contributed by atoms with Crippen molar-refractivity contribution in [2.45, 2.75) is 11.5 Å². The van der Waals surface area contributed by atoms with Gasteiger partial charge in [0.25, 0.3) is 0 Å². The summed E-state index contributed by atoms with van der Waals surface area (Å²) in [5.74, 6) is -0.396. The maximum absolute atomic E-state index is 13.1. The number of nitriles is 1. The highest BCUT2D eigenvalue weighted by Gasteiger charge is 2.33. The second-order valence-corrected chi connectivity index (χ2v) is 4.87. The van der Waals surface area contributed by atoms with Crippen LogP contribution < -0.4 is 11.5 Å². The zero-order valence-corrected chi connectivity index (χ0v) is 12.5. The number of nitrogen functional groups attached to an aromatic ring is 2. The van der Waals surface area contributed by atoms with Crippen molar-refractivity contribution >= 4 is 27.7 Å². The number of nitrogens with two attached hydrogens (primary N) is 2. The Morgan fingerprint density at radius 3 is 2.45 bits per heavy atom. The standard InChI is InChI=1S/C13H9BrF3N5/c14-4-7-2-1-6(3-9(7)13(15,16)17)10-8(5-18)11(19)22-12(20)21-10/h1-3H,4H2,(H4,19,20,21,22). The molecule has 2 aromatic rings. The predicted octanol–water partition coefficient (Wildman–Crippen LogP) is 3.09. The van der Waals surface area contributed by atoms with Crippen LogP contribution in [-0.2, 0) is 11.5 Å². The number of aromatic nitrogens is 2. The van der Waals surface area contributed by atoms with E-state index < -0.39 is 11.7 Å². The Bertz CT molecular complexity index is 767. The van der Waals surface area contributed by atoms with E-state index in [2.05, 4.69) is 25.9 Å². The monoisotopic (exact) mass is 371 g/mol. The molecule has 0 spiro atoms. The lowest BCUT2D eigenvalue weighted by atomic mass is 10.0. The van der Waals surface area contributed by atoms with Crippen molar-refractivity contribution < 1.29 is 13.2 Å². The Balaban J connectivity index is 2.72. The number of anilines is 2. The number of rotatable bonds is 2. The molecule has 2 rings (SSSR count). The Hall–Kier alpha value is -2.34. The van der Waals surface area contributed by atoms with Gasteiger partial charge in [0.1, 0.15) is 17.5 Å². The van der Waals surface area contributed by atoms with E-state index in [-0.39, 0.29) is 39.5 Å². The fraction of sp³-hybridized carbons (Fsp3) is 0.154. The largest absolute Gasteiger partial charge is 0.416 e. The molecule has 5 nitrogen and oxygen atoms in total. The van der Waals surface area contributed by atoms with Crippen LogP contribution in [0.4, 0.5) is 24.9 Å². The number of nitrogens with zero attached hydrogens (tertiary/aromatic N) is 3. The van der Waals surface area contributed by atoms with Crippen LogP contribution in [0, 0.1) is 11.3 Å². The molecule has 22 heavy (non-hydrogen) atoms. The van der Waals surface area contributed by atoms with Crippen LogP contribution in [0.3, 0.4) is 0 Å². The average molecular weight is 372 g/mol. The van der Waals surface area contributed by atoms with Gasteiger partial charge in [-0.25, -0.2) is 4.98 Å². The molecule has 4 N–H and O–H groups in total. The lowest BCUT2D eigenvalue weighted by Gasteiger charge is -2.14. The summed E-state index contributed by atoms with van der Waals surface area (Å²) in [7, 11) is 0. The molecule has 114 valence electrons. The zero-order valence-electron chi connectivity index (χ0n) is 10.9. The average Bonchev–Trinajstić information content (AvgIpc) is 2.45. The van der Waals surface area contributed by atoms with Gasteiger partial charge < -0.3 is 11.5 Å². The second kappa shape index (κ2) is 5.81. The molecule has 0 bridgehead atoms. The summed E-state index contributed by atoms with van der Waals surface area (Å²) < 4.78 is 39.3. The van der Waals surface area contributed by atoms with Crippen molar-refractivity contribution in [2.75, 3.05) is 11.5 Å². The van der Waals surface area contributed by atoms with Crippen LogP contribution in [0.5, 0.6) is 0 Å². The summed E-state index contributed by atoms with van der Waals surface area (Å²) in [5, 5.41) is 9.14. The minimum absolute atomic E-state index is 0.0286. The summed E-state index contributed by atoms with van der Waals surface area (Å²) in [6.45, 7) is 0. The van der Waals surface area contributed by atoms with Gasteiger partial charge in [0.05, 0.1) is 11.3 Å². The minimum Gasteiger partial charge on any atom is -0.382 e. The lowest BCUT2D eigenvalue weighted by molar-refractivity contribution is -0.138. The molecule has 0 unspecified atom stereocenters. The molecule has 1 heterocycles. The van der Waals surface area contributed by atoms with Gasteiger partial charge in [-0.3, -0.25) is 0 Å². The molecule has 0 aliphatic heterocycles. The maximum Gasteiger partial charge on any atom is 0.416 e. The SMILES string of the molecule is N#Cc1c(N)nc(N)nc1-c1ccc(CBr)c(C(F)(F)F)c1. The molecule has 0 amide bonds. The summed E-state index contributed by atoms with van der Waals surface area (Å²) in [6, 6.07) is 5.43. The van der Waals surface area contributed by atoms with Crippen LogP contribution in [0.2, 0.25) is 0 Å². The first-order valence-electron chi connectivity index (χ1n) is 5.87. The third kappa shape index (κ3) is 2.96. The van der Waals surface area contributed by atoms with Crippen LogP contribution in [0.1, 0.15) is 16.7 Å². The molecular weight excluding hydrogens is 363 g/mol. The first kappa shape index (κ1) is 16.0. The topological polar surface area (TPSA) is 102 Å². The van der Waals surface area contributed by atoms with Crippen molar-refractivity contribution in [1.82, 2.24) is 9.97 Å². The van der Waals surface area contributed by atoms with E-state index in [0.29, 0.717) is 0 Å². The predicted molar refractivity (Wildman–Crippen MR) is 78.6 cm³/mol. The van der Waals surface area contributed by atoms with Crippen molar-refractivity contribution in [3.8, 4) is 17.3 Å². The summed E-state index contributed by atoms with van der Waals surface area (Å²) in [6.07, 6.45) is -4.53. The maximum atomic E-state index is 13.1. The van der Waals surface area contributed by atoms with Crippen LogP contribution in [0.15, 0.2) is 18.2 Å². The summed E-state index contributed by atoms with van der Waals surface area (Å²) in [4.78, 5) is 7.47. The van der Waals surface area contributed by atoms with Gasteiger partial charge in [-0.1, -0.05) is 28.1 Å². The van der Waals surface area contributed by atoms with Crippen LogP contribution in [-0.4, -0.2) is 9.97 Å². The molecule has 0 saturated carbocycles. The Labute approximate surface area is 131 Å². The summed E-state index contributed by atoms with van der Waals surface area (Å²) in [5.41, 5.74) is 10.2. The van der Waals surface area contributed by atoms with Crippen LogP contribution >= 0.6 is 15.9 Å². The van der Waals surface area contributed by atoms with Gasteiger partial charge in [-0.2, -0.15) is 23.4 Å². The van der Waals surface area contributed by atoms with E-state index >= 15 is 0 Å².